The highest BCUT2D eigenvalue weighted by atomic mass is 19.4. The molecule has 134 valence electrons. The molecule has 1 aromatic carbocycles. The molecule has 1 saturated carbocycles. The van der Waals surface area contributed by atoms with E-state index in [9.17, 15) is 28.2 Å². The summed E-state index contributed by atoms with van der Waals surface area (Å²) in [4.78, 5) is 12.1. The van der Waals surface area contributed by atoms with Crippen LogP contribution in [0.15, 0.2) is 24.3 Å². The average Bonchev–Trinajstić information content (AvgIpc) is 3.30. The van der Waals surface area contributed by atoms with Crippen molar-refractivity contribution in [3.8, 4) is 5.75 Å². The number of hydrogen-bond acceptors (Lipinski definition) is 4. The van der Waals surface area contributed by atoms with Gasteiger partial charge in [0.2, 0.25) is 0 Å². The Hall–Kier alpha value is -2.00. The molecule has 0 radical (unpaired) electrons. The van der Waals surface area contributed by atoms with Crippen molar-refractivity contribution in [2.45, 2.75) is 44.4 Å². The standard InChI is InChI=1S/C15H19F3N2O4/c1-2-14(12(21)22,9-3-4-9)20-13(23)19-10-5-7-11(8-6-10)24-15(16,17)18/h5-9,12,21-22H,2-4H2,1H3,(H2,19,20,23). The fourth-order valence-corrected chi connectivity index (χ4v) is 2.65. The summed E-state index contributed by atoms with van der Waals surface area (Å²) in [5, 5.41) is 24.3. The van der Waals surface area contributed by atoms with Gasteiger partial charge in [0.15, 0.2) is 6.29 Å². The molecule has 0 aliphatic heterocycles. The molecule has 0 heterocycles. The van der Waals surface area contributed by atoms with Crippen molar-refractivity contribution >= 4 is 11.7 Å². The highest BCUT2D eigenvalue weighted by Crippen LogP contribution is 2.43. The van der Waals surface area contributed by atoms with E-state index in [0.717, 1.165) is 25.0 Å². The molecule has 0 aromatic heterocycles. The van der Waals surface area contributed by atoms with Crippen molar-refractivity contribution < 1.29 is 32.9 Å². The van der Waals surface area contributed by atoms with E-state index in [1.807, 2.05) is 0 Å². The van der Waals surface area contributed by atoms with Crippen LogP contribution in [0.2, 0.25) is 0 Å². The normalized spacial score (nSPS) is 17.3. The summed E-state index contributed by atoms with van der Waals surface area (Å²) >= 11 is 0. The van der Waals surface area contributed by atoms with E-state index < -0.39 is 30.0 Å². The van der Waals surface area contributed by atoms with Crippen molar-refractivity contribution in [1.82, 2.24) is 5.32 Å². The van der Waals surface area contributed by atoms with E-state index in [4.69, 9.17) is 0 Å². The maximum Gasteiger partial charge on any atom is 0.573 e. The number of anilines is 1. The number of ether oxygens (including phenoxy) is 1. The van der Waals surface area contributed by atoms with Crippen molar-refractivity contribution in [2.75, 3.05) is 5.32 Å². The zero-order valence-electron chi connectivity index (χ0n) is 12.9. The maximum absolute atomic E-state index is 12.1. The van der Waals surface area contributed by atoms with Crippen molar-refractivity contribution in [2.24, 2.45) is 5.92 Å². The minimum Gasteiger partial charge on any atom is -0.406 e. The van der Waals surface area contributed by atoms with Gasteiger partial charge in [-0.25, -0.2) is 4.79 Å². The Morgan fingerprint density at radius 2 is 1.88 bits per heavy atom. The minimum absolute atomic E-state index is 0.0178. The summed E-state index contributed by atoms with van der Waals surface area (Å²) in [5.74, 6) is -0.420. The lowest BCUT2D eigenvalue weighted by atomic mass is 9.89. The molecule has 2 amide bonds. The van der Waals surface area contributed by atoms with Gasteiger partial charge in [0.05, 0.1) is 5.54 Å². The molecule has 0 spiro atoms. The topological polar surface area (TPSA) is 90.8 Å². The summed E-state index contributed by atoms with van der Waals surface area (Å²) in [5.41, 5.74) is -0.890. The lowest BCUT2D eigenvalue weighted by molar-refractivity contribution is -0.274. The molecular weight excluding hydrogens is 329 g/mol. The van der Waals surface area contributed by atoms with E-state index in [1.165, 1.54) is 12.1 Å². The van der Waals surface area contributed by atoms with Gasteiger partial charge in [-0.1, -0.05) is 6.92 Å². The fraction of sp³-hybridized carbons (Fsp3) is 0.533. The number of carbonyl (C=O) groups is 1. The highest BCUT2D eigenvalue weighted by molar-refractivity contribution is 5.89. The number of rotatable bonds is 6. The predicted octanol–water partition coefficient (Wildman–Crippen LogP) is 2.58. The Labute approximate surface area is 136 Å². The van der Waals surface area contributed by atoms with Gasteiger partial charge >= 0.3 is 12.4 Å². The monoisotopic (exact) mass is 348 g/mol. The van der Waals surface area contributed by atoms with Crippen LogP contribution >= 0.6 is 0 Å². The molecule has 0 bridgehead atoms. The Bertz CT molecular complexity index is 569. The number of urea groups is 1. The Morgan fingerprint density at radius 3 is 2.29 bits per heavy atom. The number of carbonyl (C=O) groups excluding carboxylic acids is 1. The van der Waals surface area contributed by atoms with Crippen LogP contribution in [0.25, 0.3) is 0 Å². The number of benzene rings is 1. The molecule has 1 aliphatic rings. The second kappa shape index (κ2) is 6.86. The molecule has 1 aliphatic carbocycles. The smallest absolute Gasteiger partial charge is 0.406 e. The molecule has 1 atom stereocenters. The van der Waals surface area contributed by atoms with Gasteiger partial charge < -0.3 is 25.6 Å². The van der Waals surface area contributed by atoms with Gasteiger partial charge in [0.25, 0.3) is 0 Å². The summed E-state index contributed by atoms with van der Waals surface area (Å²) in [6, 6.07) is 3.97. The molecule has 9 heteroatoms. The van der Waals surface area contributed by atoms with Gasteiger partial charge in [-0.05, 0) is 49.4 Å². The third-order valence-electron chi connectivity index (χ3n) is 4.04. The molecule has 1 fully saturated rings. The molecule has 1 unspecified atom stereocenters. The van der Waals surface area contributed by atoms with Crippen LogP contribution in [-0.4, -0.2) is 34.4 Å². The first kappa shape index (κ1) is 18.3. The summed E-state index contributed by atoms with van der Waals surface area (Å²) < 4.78 is 40.0. The SMILES string of the molecule is CCC(NC(=O)Nc1ccc(OC(F)(F)F)cc1)(C(O)O)C1CC1. The number of hydrogen-bond donors (Lipinski definition) is 4. The number of amides is 2. The van der Waals surface area contributed by atoms with Crippen LogP contribution in [0.1, 0.15) is 26.2 Å². The van der Waals surface area contributed by atoms with E-state index in [1.54, 1.807) is 6.92 Å². The fourth-order valence-electron chi connectivity index (χ4n) is 2.65. The molecule has 2 rings (SSSR count). The predicted molar refractivity (Wildman–Crippen MR) is 79.3 cm³/mol. The first-order valence-electron chi connectivity index (χ1n) is 7.47. The third kappa shape index (κ3) is 4.51. The van der Waals surface area contributed by atoms with Crippen LogP contribution < -0.4 is 15.4 Å². The number of halogens is 3. The summed E-state index contributed by atoms with van der Waals surface area (Å²) in [6.07, 6.45) is -4.58. The molecule has 6 nitrogen and oxygen atoms in total. The minimum atomic E-state index is -4.78. The lowest BCUT2D eigenvalue weighted by Gasteiger charge is -2.35. The van der Waals surface area contributed by atoms with E-state index in [-0.39, 0.29) is 11.6 Å². The first-order chi connectivity index (χ1) is 11.2. The quantitative estimate of drug-likeness (QED) is 0.595. The van der Waals surface area contributed by atoms with Crippen molar-refractivity contribution in [1.29, 1.82) is 0 Å². The number of aliphatic hydroxyl groups excluding tert-OH is 1. The van der Waals surface area contributed by atoms with E-state index >= 15 is 0 Å². The zero-order chi connectivity index (χ0) is 18.0. The summed E-state index contributed by atoms with van der Waals surface area (Å²) in [7, 11) is 0. The van der Waals surface area contributed by atoms with Gasteiger partial charge in [0, 0.05) is 5.69 Å². The van der Waals surface area contributed by atoms with Crippen LogP contribution in [0.4, 0.5) is 23.7 Å². The third-order valence-corrected chi connectivity index (χ3v) is 4.04. The Morgan fingerprint density at radius 1 is 1.29 bits per heavy atom. The van der Waals surface area contributed by atoms with Gasteiger partial charge in [-0.3, -0.25) is 0 Å². The van der Waals surface area contributed by atoms with Crippen molar-refractivity contribution in [3.05, 3.63) is 24.3 Å². The number of alkyl halides is 3. The molecule has 0 saturated heterocycles. The maximum atomic E-state index is 12.1. The highest BCUT2D eigenvalue weighted by Gasteiger charge is 2.49. The largest absolute Gasteiger partial charge is 0.573 e. The van der Waals surface area contributed by atoms with E-state index in [0.29, 0.717) is 6.42 Å². The van der Waals surface area contributed by atoms with Gasteiger partial charge in [0.1, 0.15) is 5.75 Å². The average molecular weight is 348 g/mol. The summed E-state index contributed by atoms with van der Waals surface area (Å²) in [6.45, 7) is 1.74. The van der Waals surface area contributed by atoms with Crippen LogP contribution in [0.5, 0.6) is 5.75 Å². The van der Waals surface area contributed by atoms with Crippen LogP contribution in [0.3, 0.4) is 0 Å². The lowest BCUT2D eigenvalue weighted by Crippen LogP contribution is -2.59. The molecule has 24 heavy (non-hydrogen) atoms. The second-order valence-corrected chi connectivity index (χ2v) is 5.69. The number of nitrogens with one attached hydrogen (secondary N) is 2. The first-order valence-corrected chi connectivity index (χ1v) is 7.47. The van der Waals surface area contributed by atoms with Gasteiger partial charge in [-0.15, -0.1) is 13.2 Å². The van der Waals surface area contributed by atoms with Crippen LogP contribution in [0, 0.1) is 5.92 Å². The molecular formula is C15H19F3N2O4. The Balaban J connectivity index is 1.99. The van der Waals surface area contributed by atoms with E-state index in [2.05, 4.69) is 15.4 Å². The van der Waals surface area contributed by atoms with Crippen LogP contribution in [-0.2, 0) is 0 Å². The molecule has 4 N–H and O–H groups in total. The zero-order valence-corrected chi connectivity index (χ0v) is 12.9. The number of aliphatic hydroxyl groups is 2. The second-order valence-electron chi connectivity index (χ2n) is 5.69. The molecule has 1 aromatic rings. The Kier molecular flexibility index (Phi) is 5.24. The van der Waals surface area contributed by atoms with Gasteiger partial charge in [-0.2, -0.15) is 0 Å². The van der Waals surface area contributed by atoms with Crippen molar-refractivity contribution in [3.63, 3.8) is 0 Å².